The first-order valence-electron chi connectivity index (χ1n) is 12.0. The highest BCUT2D eigenvalue weighted by Gasteiger charge is 2.26. The van der Waals surface area contributed by atoms with Crippen molar-refractivity contribution in [3.8, 4) is 0 Å². The molecule has 0 fully saturated rings. The maximum atomic E-state index is 6.81. The lowest BCUT2D eigenvalue weighted by molar-refractivity contribution is 0.573. The summed E-state index contributed by atoms with van der Waals surface area (Å²) in [6.07, 6.45) is 0. The molecule has 0 N–H and O–H groups in total. The molecule has 178 valence electrons. The molecule has 0 aliphatic heterocycles. The van der Waals surface area contributed by atoms with Crippen LogP contribution in [0.5, 0.6) is 0 Å². The molecule has 6 aromatic rings. The van der Waals surface area contributed by atoms with Gasteiger partial charge in [-0.2, -0.15) is 0 Å². The fourth-order valence-electron chi connectivity index (χ4n) is 4.97. The molecule has 1 aromatic heterocycles. The van der Waals surface area contributed by atoms with E-state index < -0.39 is 0 Å². The van der Waals surface area contributed by atoms with Crippen molar-refractivity contribution in [2.75, 3.05) is 4.90 Å². The van der Waals surface area contributed by atoms with Crippen molar-refractivity contribution in [1.82, 2.24) is 0 Å². The van der Waals surface area contributed by atoms with Crippen molar-refractivity contribution in [3.05, 3.63) is 112 Å². The molecule has 0 spiro atoms. The number of hydrogen-bond acceptors (Lipinski definition) is 2. The Morgan fingerprint density at radius 1 is 0.611 bits per heavy atom. The van der Waals surface area contributed by atoms with Crippen LogP contribution in [0.3, 0.4) is 0 Å². The van der Waals surface area contributed by atoms with E-state index in [-0.39, 0.29) is 5.41 Å². The van der Waals surface area contributed by atoms with Crippen molar-refractivity contribution in [1.29, 1.82) is 0 Å². The normalized spacial score (nSPS) is 12.0. The van der Waals surface area contributed by atoms with Gasteiger partial charge in [-0.15, -0.1) is 0 Å². The van der Waals surface area contributed by atoms with Crippen LogP contribution in [0.15, 0.2) is 110 Å². The smallest absolute Gasteiger partial charge is 0.160 e. The van der Waals surface area contributed by atoms with Crippen LogP contribution in [0, 0.1) is 0 Å². The molecular formula is C32H25Br2NO. The highest BCUT2D eigenvalue weighted by molar-refractivity contribution is 9.11. The lowest BCUT2D eigenvalue weighted by atomic mass is 9.86. The van der Waals surface area contributed by atoms with Crippen molar-refractivity contribution in [2.45, 2.75) is 26.2 Å². The molecule has 0 unspecified atom stereocenters. The molecule has 0 atom stereocenters. The van der Waals surface area contributed by atoms with E-state index in [0.717, 1.165) is 47.9 Å². The van der Waals surface area contributed by atoms with Crippen molar-refractivity contribution >= 4 is 81.6 Å². The van der Waals surface area contributed by atoms with Gasteiger partial charge in [-0.25, -0.2) is 0 Å². The molecule has 36 heavy (non-hydrogen) atoms. The van der Waals surface area contributed by atoms with Crippen LogP contribution in [0.25, 0.3) is 32.7 Å². The van der Waals surface area contributed by atoms with Crippen LogP contribution in [-0.2, 0) is 5.41 Å². The van der Waals surface area contributed by atoms with Crippen LogP contribution in [-0.4, -0.2) is 0 Å². The summed E-state index contributed by atoms with van der Waals surface area (Å²) in [6, 6.07) is 34.1. The van der Waals surface area contributed by atoms with Gasteiger partial charge in [0, 0.05) is 36.7 Å². The minimum atomic E-state index is -0.0586. The Morgan fingerprint density at radius 3 is 1.97 bits per heavy atom. The number of fused-ring (bicyclic) bond motifs is 4. The molecular weight excluding hydrogens is 574 g/mol. The monoisotopic (exact) mass is 597 g/mol. The van der Waals surface area contributed by atoms with Gasteiger partial charge in [-0.3, -0.25) is 0 Å². The maximum absolute atomic E-state index is 6.81. The van der Waals surface area contributed by atoms with E-state index in [1.54, 1.807) is 0 Å². The van der Waals surface area contributed by atoms with Gasteiger partial charge < -0.3 is 9.32 Å². The molecule has 0 radical (unpaired) electrons. The number of hydrogen-bond donors (Lipinski definition) is 0. The van der Waals surface area contributed by atoms with E-state index in [1.165, 1.54) is 16.3 Å². The van der Waals surface area contributed by atoms with Gasteiger partial charge in [0.2, 0.25) is 0 Å². The Labute approximate surface area is 227 Å². The fourth-order valence-corrected chi connectivity index (χ4v) is 5.99. The van der Waals surface area contributed by atoms with E-state index in [9.17, 15) is 0 Å². The largest absolute Gasteiger partial charge is 0.453 e. The second-order valence-electron chi connectivity index (χ2n) is 10.1. The number of furan rings is 1. The summed E-state index contributed by atoms with van der Waals surface area (Å²) in [5.41, 5.74) is 6.06. The molecule has 0 aliphatic carbocycles. The number of benzene rings is 5. The molecule has 5 aromatic carbocycles. The van der Waals surface area contributed by atoms with Gasteiger partial charge in [0.15, 0.2) is 5.58 Å². The lowest BCUT2D eigenvalue weighted by Crippen LogP contribution is -2.11. The lowest BCUT2D eigenvalue weighted by Gasteiger charge is -2.26. The number of nitrogens with zero attached hydrogens (tertiary/aromatic N) is 1. The average molecular weight is 599 g/mol. The molecule has 0 bridgehead atoms. The summed E-state index contributed by atoms with van der Waals surface area (Å²) < 4.78 is 8.85. The maximum Gasteiger partial charge on any atom is 0.160 e. The number of para-hydroxylation sites is 1. The Balaban J connectivity index is 1.70. The van der Waals surface area contributed by atoms with E-state index >= 15 is 0 Å². The fraction of sp³-hybridized carbons (Fsp3) is 0.125. The molecule has 0 aliphatic rings. The molecule has 1 heterocycles. The van der Waals surface area contributed by atoms with E-state index in [2.05, 4.69) is 149 Å². The van der Waals surface area contributed by atoms with Crippen LogP contribution in [0.4, 0.5) is 17.1 Å². The number of halogens is 2. The van der Waals surface area contributed by atoms with Gasteiger partial charge in [-0.05, 0) is 58.7 Å². The Morgan fingerprint density at radius 2 is 1.25 bits per heavy atom. The summed E-state index contributed by atoms with van der Waals surface area (Å²) >= 11 is 7.65. The standard InChI is InChI=1S/C32H25Br2NO/c1-32(2,3)24-15-16-25(33)28-29-26(34)17-18-27(31(29)36-30(24)28)35(22-11-5-4-6-12-22)23-14-13-20-9-7-8-10-21(20)19-23/h4-19H,1-3H3. The van der Waals surface area contributed by atoms with E-state index in [0.29, 0.717) is 0 Å². The minimum Gasteiger partial charge on any atom is -0.453 e. The first-order chi connectivity index (χ1) is 17.3. The summed E-state index contributed by atoms with van der Waals surface area (Å²) in [4.78, 5) is 2.29. The number of anilines is 3. The Bertz CT molecular complexity index is 1750. The third-order valence-corrected chi connectivity index (χ3v) is 8.02. The minimum absolute atomic E-state index is 0.0586. The Kier molecular flexibility index (Phi) is 5.70. The highest BCUT2D eigenvalue weighted by atomic mass is 79.9. The predicted molar refractivity (Wildman–Crippen MR) is 160 cm³/mol. The summed E-state index contributed by atoms with van der Waals surface area (Å²) in [5.74, 6) is 0. The SMILES string of the molecule is CC(C)(C)c1ccc(Br)c2c1oc1c(N(c3ccccc3)c3ccc4ccccc4c3)ccc(Br)c12. The van der Waals surface area contributed by atoms with Gasteiger partial charge in [0.05, 0.1) is 5.69 Å². The molecule has 0 saturated carbocycles. The predicted octanol–water partition coefficient (Wildman–Crippen LogP) is 11.0. The quantitative estimate of drug-likeness (QED) is 0.201. The zero-order valence-corrected chi connectivity index (χ0v) is 23.5. The van der Waals surface area contributed by atoms with Gasteiger partial charge in [0.1, 0.15) is 5.58 Å². The van der Waals surface area contributed by atoms with E-state index in [4.69, 9.17) is 4.42 Å². The first kappa shape index (κ1) is 23.3. The zero-order chi connectivity index (χ0) is 25.0. The van der Waals surface area contributed by atoms with Crippen molar-refractivity contribution < 1.29 is 4.42 Å². The average Bonchev–Trinajstić information content (AvgIpc) is 3.28. The van der Waals surface area contributed by atoms with Gasteiger partial charge in [0.25, 0.3) is 0 Å². The third kappa shape index (κ3) is 3.84. The number of rotatable bonds is 3. The summed E-state index contributed by atoms with van der Waals surface area (Å²) in [7, 11) is 0. The van der Waals surface area contributed by atoms with Gasteiger partial charge in [-0.1, -0.05) is 107 Å². The summed E-state index contributed by atoms with van der Waals surface area (Å²) in [5, 5.41) is 4.59. The van der Waals surface area contributed by atoms with Crippen LogP contribution >= 0.6 is 31.9 Å². The molecule has 4 heteroatoms. The highest BCUT2D eigenvalue weighted by Crippen LogP contribution is 2.48. The Hall–Kier alpha value is -3.08. The van der Waals surface area contributed by atoms with Crippen LogP contribution < -0.4 is 4.90 Å². The van der Waals surface area contributed by atoms with Crippen molar-refractivity contribution in [2.24, 2.45) is 0 Å². The zero-order valence-electron chi connectivity index (χ0n) is 20.3. The molecule has 6 rings (SSSR count). The topological polar surface area (TPSA) is 16.4 Å². The second kappa shape index (κ2) is 8.79. The molecule has 2 nitrogen and oxygen atoms in total. The van der Waals surface area contributed by atoms with Crippen molar-refractivity contribution in [3.63, 3.8) is 0 Å². The second-order valence-corrected chi connectivity index (χ2v) is 11.8. The van der Waals surface area contributed by atoms with Gasteiger partial charge >= 0.3 is 0 Å². The molecule has 0 saturated heterocycles. The summed E-state index contributed by atoms with van der Waals surface area (Å²) in [6.45, 7) is 6.68. The van der Waals surface area contributed by atoms with Crippen LogP contribution in [0.1, 0.15) is 26.3 Å². The van der Waals surface area contributed by atoms with Crippen LogP contribution in [0.2, 0.25) is 0 Å². The first-order valence-corrected chi connectivity index (χ1v) is 13.6. The third-order valence-electron chi connectivity index (χ3n) is 6.70. The van der Waals surface area contributed by atoms with E-state index in [1.807, 2.05) is 6.07 Å². The molecule has 0 amide bonds.